The Morgan fingerprint density at radius 3 is 2.70 bits per heavy atom. The maximum Gasteiger partial charge on any atom is 0.240 e. The number of hydrogen-bond donors (Lipinski definition) is 2. The van der Waals surface area contributed by atoms with Crippen molar-refractivity contribution in [2.45, 2.75) is 18.9 Å². The Balaban J connectivity index is 2.66. The summed E-state index contributed by atoms with van der Waals surface area (Å²) in [6.07, 6.45) is 1.37. The first-order valence-corrected chi connectivity index (χ1v) is 3.22. The third kappa shape index (κ3) is 0.964. The number of nitrogens with zero attached hydrogens (tertiary/aromatic N) is 1. The van der Waals surface area contributed by atoms with Gasteiger partial charge >= 0.3 is 0 Å². The number of hydrogen-bond acceptors (Lipinski definition) is 2. The van der Waals surface area contributed by atoms with E-state index in [2.05, 4.69) is 0 Å². The van der Waals surface area contributed by atoms with Gasteiger partial charge in [0.25, 0.3) is 0 Å². The van der Waals surface area contributed by atoms with Gasteiger partial charge in [-0.05, 0) is 6.42 Å². The maximum absolute atomic E-state index is 10.6. The lowest BCUT2D eigenvalue weighted by Crippen LogP contribution is -2.39. The Bertz CT molecular complexity index is 178. The van der Waals surface area contributed by atoms with Crippen LogP contribution in [-0.2, 0) is 4.79 Å². The van der Waals surface area contributed by atoms with Gasteiger partial charge in [-0.2, -0.15) is 0 Å². The van der Waals surface area contributed by atoms with Crippen LogP contribution < -0.4 is 5.73 Å². The van der Waals surface area contributed by atoms with Crippen molar-refractivity contribution >= 4 is 11.7 Å². The van der Waals surface area contributed by atoms with Crippen LogP contribution in [0.25, 0.3) is 0 Å². The lowest BCUT2D eigenvalue weighted by molar-refractivity contribution is -0.121. The molecule has 1 atom stereocenters. The number of rotatable bonds is 1. The summed E-state index contributed by atoms with van der Waals surface area (Å²) in [5.74, 6) is 0.175. The molecule has 0 aromatic rings. The lowest BCUT2D eigenvalue weighted by atomic mass is 10.2. The minimum Gasteiger partial charge on any atom is -0.368 e. The molecule has 3 N–H and O–H groups in total. The number of carbonyl (C=O) groups is 1. The molecule has 0 aromatic carbocycles. The van der Waals surface area contributed by atoms with Crippen molar-refractivity contribution in [1.29, 1.82) is 5.41 Å². The van der Waals surface area contributed by atoms with E-state index in [9.17, 15) is 4.79 Å². The zero-order valence-corrected chi connectivity index (χ0v) is 5.92. The Kier molecular flexibility index (Phi) is 1.61. The van der Waals surface area contributed by atoms with Crippen LogP contribution in [0.15, 0.2) is 0 Å². The minimum absolute atomic E-state index is 0.243. The van der Waals surface area contributed by atoms with Crippen molar-refractivity contribution in [2.24, 2.45) is 5.73 Å². The second-order valence-corrected chi connectivity index (χ2v) is 2.51. The van der Waals surface area contributed by atoms with Crippen molar-refractivity contribution in [3.8, 4) is 0 Å². The molecule has 0 saturated carbocycles. The Labute approximate surface area is 59.5 Å². The molecule has 1 rings (SSSR count). The van der Waals surface area contributed by atoms with E-state index in [-0.39, 0.29) is 11.9 Å². The number of carbonyl (C=O) groups excluding carboxylic acids is 1. The molecule has 4 nitrogen and oxygen atoms in total. The van der Waals surface area contributed by atoms with E-state index in [1.165, 1.54) is 0 Å². The number of likely N-dealkylation sites (tertiary alicyclic amines) is 1. The maximum atomic E-state index is 10.6. The standard InChI is InChI=1S/C6H11N3O/c1-9-4(6(8)10)2-3-5(9)7/h4,7H,2-3H2,1H3,(H2,8,10)/t4-/m0/s1. The van der Waals surface area contributed by atoms with E-state index in [1.807, 2.05) is 0 Å². The zero-order valence-electron chi connectivity index (χ0n) is 5.92. The van der Waals surface area contributed by atoms with E-state index < -0.39 is 0 Å². The Morgan fingerprint density at radius 1 is 1.90 bits per heavy atom. The smallest absolute Gasteiger partial charge is 0.240 e. The molecule has 0 spiro atoms. The first-order valence-electron chi connectivity index (χ1n) is 3.22. The molecule has 1 heterocycles. The molecule has 0 bridgehead atoms. The molecule has 1 aliphatic heterocycles. The molecule has 0 radical (unpaired) electrons. The lowest BCUT2D eigenvalue weighted by Gasteiger charge is -2.17. The van der Waals surface area contributed by atoms with Crippen LogP contribution in [0, 0.1) is 5.41 Å². The molecule has 1 saturated heterocycles. The SMILES string of the molecule is CN1C(=N)CC[C@H]1C(N)=O. The summed E-state index contributed by atoms with van der Waals surface area (Å²) in [4.78, 5) is 12.3. The molecular weight excluding hydrogens is 130 g/mol. The van der Waals surface area contributed by atoms with Gasteiger partial charge in [-0.1, -0.05) is 0 Å². The fourth-order valence-corrected chi connectivity index (χ4v) is 1.16. The second-order valence-electron chi connectivity index (χ2n) is 2.51. The second kappa shape index (κ2) is 2.28. The van der Waals surface area contributed by atoms with Gasteiger partial charge in [-0.25, -0.2) is 0 Å². The number of likely N-dealkylation sites (N-methyl/N-ethyl adjacent to an activating group) is 1. The van der Waals surface area contributed by atoms with Crippen LogP contribution >= 0.6 is 0 Å². The molecule has 1 aliphatic rings. The predicted octanol–water partition coefficient (Wildman–Crippen LogP) is -0.457. The number of primary amides is 1. The first kappa shape index (κ1) is 7.05. The molecule has 56 valence electrons. The average molecular weight is 141 g/mol. The van der Waals surface area contributed by atoms with Crippen LogP contribution in [0.2, 0.25) is 0 Å². The highest BCUT2D eigenvalue weighted by Crippen LogP contribution is 2.15. The molecule has 0 unspecified atom stereocenters. The summed E-state index contributed by atoms with van der Waals surface area (Å²) >= 11 is 0. The molecule has 1 amide bonds. The Hall–Kier alpha value is -1.06. The normalized spacial score (nSPS) is 25.5. The van der Waals surface area contributed by atoms with Crippen LogP contribution in [0.5, 0.6) is 0 Å². The van der Waals surface area contributed by atoms with Crippen LogP contribution in [-0.4, -0.2) is 29.7 Å². The van der Waals surface area contributed by atoms with Crippen molar-refractivity contribution in [1.82, 2.24) is 4.90 Å². The summed E-state index contributed by atoms with van der Waals surface area (Å²) in [5, 5.41) is 7.30. The van der Waals surface area contributed by atoms with Gasteiger partial charge in [0, 0.05) is 13.5 Å². The van der Waals surface area contributed by atoms with Crippen molar-refractivity contribution in [3.05, 3.63) is 0 Å². The highest BCUT2D eigenvalue weighted by atomic mass is 16.1. The van der Waals surface area contributed by atoms with E-state index in [0.29, 0.717) is 18.7 Å². The molecule has 1 fully saturated rings. The summed E-state index contributed by atoms with van der Waals surface area (Å²) < 4.78 is 0. The quantitative estimate of drug-likeness (QED) is 0.519. The van der Waals surface area contributed by atoms with E-state index in [0.717, 1.165) is 0 Å². The fourth-order valence-electron chi connectivity index (χ4n) is 1.16. The monoisotopic (exact) mass is 141 g/mol. The number of nitrogens with one attached hydrogen (secondary N) is 1. The minimum atomic E-state index is -0.329. The van der Waals surface area contributed by atoms with Crippen molar-refractivity contribution in [3.63, 3.8) is 0 Å². The van der Waals surface area contributed by atoms with Gasteiger partial charge in [0.15, 0.2) is 0 Å². The molecular formula is C6H11N3O. The number of amides is 1. The highest BCUT2D eigenvalue weighted by Gasteiger charge is 2.28. The van der Waals surface area contributed by atoms with Gasteiger partial charge < -0.3 is 10.6 Å². The van der Waals surface area contributed by atoms with Gasteiger partial charge in [-0.3, -0.25) is 10.2 Å². The Morgan fingerprint density at radius 2 is 2.50 bits per heavy atom. The summed E-state index contributed by atoms with van der Waals surface area (Å²) in [6, 6.07) is -0.243. The van der Waals surface area contributed by atoms with Gasteiger partial charge in [0.05, 0.1) is 5.84 Å². The summed E-state index contributed by atoms with van der Waals surface area (Å²) in [6.45, 7) is 0. The summed E-state index contributed by atoms with van der Waals surface area (Å²) in [7, 11) is 1.73. The number of amidine groups is 1. The van der Waals surface area contributed by atoms with Crippen LogP contribution in [0.3, 0.4) is 0 Å². The first-order chi connectivity index (χ1) is 4.63. The molecule has 4 heteroatoms. The van der Waals surface area contributed by atoms with Gasteiger partial charge in [-0.15, -0.1) is 0 Å². The largest absolute Gasteiger partial charge is 0.368 e. The van der Waals surface area contributed by atoms with E-state index >= 15 is 0 Å². The highest BCUT2D eigenvalue weighted by molar-refractivity contribution is 5.90. The third-order valence-corrected chi connectivity index (χ3v) is 1.88. The molecule has 0 aliphatic carbocycles. The fraction of sp³-hybridized carbons (Fsp3) is 0.667. The van der Waals surface area contributed by atoms with Crippen LogP contribution in [0.1, 0.15) is 12.8 Å². The predicted molar refractivity (Wildman–Crippen MR) is 37.7 cm³/mol. The number of nitrogens with two attached hydrogens (primary N) is 1. The topological polar surface area (TPSA) is 70.2 Å². The van der Waals surface area contributed by atoms with Crippen molar-refractivity contribution in [2.75, 3.05) is 7.05 Å². The summed E-state index contributed by atoms with van der Waals surface area (Å²) in [5.41, 5.74) is 5.07. The van der Waals surface area contributed by atoms with E-state index in [4.69, 9.17) is 11.1 Å². The van der Waals surface area contributed by atoms with Gasteiger partial charge in [0.2, 0.25) is 5.91 Å². The third-order valence-electron chi connectivity index (χ3n) is 1.88. The van der Waals surface area contributed by atoms with Crippen molar-refractivity contribution < 1.29 is 4.79 Å². The zero-order chi connectivity index (χ0) is 7.72. The van der Waals surface area contributed by atoms with Crippen LogP contribution in [0.4, 0.5) is 0 Å². The molecule has 10 heavy (non-hydrogen) atoms. The van der Waals surface area contributed by atoms with E-state index in [1.54, 1.807) is 11.9 Å². The average Bonchev–Trinajstić information content (AvgIpc) is 2.14. The molecule has 0 aromatic heterocycles. The van der Waals surface area contributed by atoms with Gasteiger partial charge in [0.1, 0.15) is 6.04 Å².